The number of hydrogen-bond acceptors (Lipinski definition) is 5. The number of ether oxygens (including phenoxy) is 2. The highest BCUT2D eigenvalue weighted by Gasteiger charge is 2.19. The van der Waals surface area contributed by atoms with E-state index in [4.69, 9.17) is 9.47 Å². The molecule has 0 fully saturated rings. The normalized spacial score (nSPS) is 12.8. The molecule has 0 saturated carbocycles. The van der Waals surface area contributed by atoms with Crippen LogP contribution in [0.5, 0.6) is 11.5 Å². The average molecular weight is 365 g/mol. The Morgan fingerprint density at radius 3 is 2.63 bits per heavy atom. The van der Waals surface area contributed by atoms with Crippen molar-refractivity contribution in [1.29, 1.82) is 0 Å². The minimum atomic E-state index is -1.31. The van der Waals surface area contributed by atoms with E-state index in [0.717, 1.165) is 10.9 Å². The molecule has 0 spiro atoms. The summed E-state index contributed by atoms with van der Waals surface area (Å²) in [6.07, 6.45) is -0.0842. The molecule has 0 saturated heterocycles. The predicted molar refractivity (Wildman–Crippen MR) is 97.0 cm³/mol. The highest BCUT2D eigenvalue weighted by molar-refractivity contribution is 6.02. The molecule has 7 nitrogen and oxygen atoms in total. The Kier molecular flexibility index (Phi) is 4.19. The van der Waals surface area contributed by atoms with Gasteiger partial charge < -0.3 is 29.3 Å². The zero-order chi connectivity index (χ0) is 19.0. The van der Waals surface area contributed by atoms with Crippen molar-refractivity contribution in [3.8, 4) is 11.5 Å². The molecule has 2 heterocycles. The van der Waals surface area contributed by atoms with E-state index in [1.807, 2.05) is 18.2 Å². The van der Waals surface area contributed by atoms with Crippen LogP contribution in [-0.4, -0.2) is 29.7 Å². The Labute approximate surface area is 155 Å². The fourth-order valence-corrected chi connectivity index (χ4v) is 3.40. The molecule has 2 aromatic carbocycles. The largest absolute Gasteiger partial charge is 0.543 e. The Hall–Kier alpha value is -3.48. The Morgan fingerprint density at radius 2 is 1.85 bits per heavy atom. The van der Waals surface area contributed by atoms with E-state index >= 15 is 0 Å². The molecular weight excluding hydrogens is 348 g/mol. The minimum Gasteiger partial charge on any atom is -0.543 e. The van der Waals surface area contributed by atoms with Crippen molar-refractivity contribution < 1.29 is 24.2 Å². The van der Waals surface area contributed by atoms with Crippen LogP contribution in [0.1, 0.15) is 16.1 Å². The van der Waals surface area contributed by atoms with Crippen LogP contribution >= 0.6 is 0 Å². The van der Waals surface area contributed by atoms with Gasteiger partial charge in [-0.1, -0.05) is 18.2 Å². The number of nitrogens with zero attached hydrogens (tertiary/aromatic N) is 1. The standard InChI is InChI=1S/C20H18N2O5/c1-22-15-5-3-2-4-13(15)14(19(22)20(24)25)11-18(23)21-12-6-7-16-17(10-12)27-9-8-26-16/h2-7,10H,8-9,11H2,1H3,(H,21,23)(H,24,25)/p-1. The second-order valence-electron chi connectivity index (χ2n) is 6.27. The monoisotopic (exact) mass is 365 g/mol. The van der Waals surface area contributed by atoms with Gasteiger partial charge in [-0.15, -0.1) is 0 Å². The molecule has 0 atom stereocenters. The van der Waals surface area contributed by atoms with Crippen LogP contribution in [0.25, 0.3) is 10.9 Å². The van der Waals surface area contributed by atoms with Crippen LogP contribution < -0.4 is 19.9 Å². The van der Waals surface area contributed by atoms with Crippen molar-refractivity contribution in [2.24, 2.45) is 7.05 Å². The van der Waals surface area contributed by atoms with E-state index in [2.05, 4.69) is 5.32 Å². The second kappa shape index (κ2) is 6.68. The number of nitrogens with one attached hydrogen (secondary N) is 1. The molecule has 1 N–H and O–H groups in total. The molecule has 0 bridgehead atoms. The SMILES string of the molecule is Cn1c(C(=O)[O-])c(CC(=O)Nc2ccc3c(c2)OCCO3)c2ccccc21. The van der Waals surface area contributed by atoms with Crippen LogP contribution in [0.4, 0.5) is 5.69 Å². The first kappa shape index (κ1) is 17.0. The number of aromatic carboxylic acids is 1. The van der Waals surface area contributed by atoms with Crippen LogP contribution in [0.15, 0.2) is 42.5 Å². The van der Waals surface area contributed by atoms with Crippen molar-refractivity contribution >= 4 is 28.5 Å². The maximum atomic E-state index is 12.6. The number of anilines is 1. The Balaban J connectivity index is 1.62. The van der Waals surface area contributed by atoms with E-state index in [1.165, 1.54) is 4.57 Å². The number of carboxylic acid groups (broad SMARTS) is 1. The topological polar surface area (TPSA) is 92.6 Å². The van der Waals surface area contributed by atoms with E-state index in [1.54, 1.807) is 31.3 Å². The molecule has 3 aromatic rings. The molecule has 1 aliphatic rings. The molecule has 138 valence electrons. The number of amides is 1. The molecule has 0 radical (unpaired) electrons. The van der Waals surface area contributed by atoms with Gasteiger partial charge in [-0.05, 0) is 23.8 Å². The summed E-state index contributed by atoms with van der Waals surface area (Å²) in [5.41, 5.74) is 1.73. The van der Waals surface area contributed by atoms with Crippen molar-refractivity contribution in [3.63, 3.8) is 0 Å². The highest BCUT2D eigenvalue weighted by atomic mass is 16.6. The lowest BCUT2D eigenvalue weighted by molar-refractivity contribution is -0.255. The van der Waals surface area contributed by atoms with Crippen LogP contribution in [0.3, 0.4) is 0 Å². The number of hydrogen-bond donors (Lipinski definition) is 1. The molecule has 1 aromatic heterocycles. The number of carbonyl (C=O) groups excluding carboxylic acids is 2. The van der Waals surface area contributed by atoms with Gasteiger partial charge in [0.2, 0.25) is 5.91 Å². The number of rotatable bonds is 4. The van der Waals surface area contributed by atoms with Gasteiger partial charge in [-0.25, -0.2) is 0 Å². The molecule has 1 amide bonds. The number of para-hydroxylation sites is 1. The fraction of sp³-hybridized carbons (Fsp3) is 0.200. The number of carbonyl (C=O) groups is 2. The van der Waals surface area contributed by atoms with Gasteiger partial charge in [0, 0.05) is 29.7 Å². The van der Waals surface area contributed by atoms with Crippen molar-refractivity contribution in [2.45, 2.75) is 6.42 Å². The average Bonchev–Trinajstić information content (AvgIpc) is 2.94. The van der Waals surface area contributed by atoms with Gasteiger partial charge in [0.1, 0.15) is 13.2 Å². The van der Waals surface area contributed by atoms with Crippen LogP contribution in [0.2, 0.25) is 0 Å². The summed E-state index contributed by atoms with van der Waals surface area (Å²) in [6.45, 7) is 0.946. The maximum Gasteiger partial charge on any atom is 0.228 e. The summed E-state index contributed by atoms with van der Waals surface area (Å²) < 4.78 is 12.5. The summed E-state index contributed by atoms with van der Waals surface area (Å²) in [5.74, 6) is -0.437. The Morgan fingerprint density at radius 1 is 1.11 bits per heavy atom. The second-order valence-corrected chi connectivity index (χ2v) is 6.27. The quantitative estimate of drug-likeness (QED) is 0.756. The zero-order valence-corrected chi connectivity index (χ0v) is 14.7. The zero-order valence-electron chi connectivity index (χ0n) is 14.7. The minimum absolute atomic E-state index is 0.00789. The maximum absolute atomic E-state index is 12.6. The van der Waals surface area contributed by atoms with Gasteiger partial charge >= 0.3 is 0 Å². The van der Waals surface area contributed by atoms with Gasteiger partial charge in [0.25, 0.3) is 0 Å². The summed E-state index contributed by atoms with van der Waals surface area (Å²) in [6, 6.07) is 12.4. The van der Waals surface area contributed by atoms with Crippen molar-refractivity contribution in [3.05, 3.63) is 53.7 Å². The number of aromatic nitrogens is 1. The molecule has 4 rings (SSSR count). The predicted octanol–water partition coefficient (Wildman–Crippen LogP) is 1.49. The molecular formula is C20H17N2O5-. The van der Waals surface area contributed by atoms with E-state index in [9.17, 15) is 14.7 Å². The third kappa shape index (κ3) is 3.08. The highest BCUT2D eigenvalue weighted by Crippen LogP contribution is 2.33. The molecule has 1 aliphatic heterocycles. The van der Waals surface area contributed by atoms with Gasteiger partial charge in [-0.2, -0.15) is 0 Å². The lowest BCUT2D eigenvalue weighted by atomic mass is 10.1. The first-order valence-electron chi connectivity index (χ1n) is 8.51. The first-order chi connectivity index (χ1) is 13.0. The number of carboxylic acids is 1. The van der Waals surface area contributed by atoms with E-state index < -0.39 is 5.97 Å². The van der Waals surface area contributed by atoms with Crippen LogP contribution in [-0.2, 0) is 18.3 Å². The van der Waals surface area contributed by atoms with Crippen molar-refractivity contribution in [1.82, 2.24) is 4.57 Å². The van der Waals surface area contributed by atoms with Crippen molar-refractivity contribution in [2.75, 3.05) is 18.5 Å². The number of aryl methyl sites for hydroxylation is 1. The number of benzene rings is 2. The summed E-state index contributed by atoms with van der Waals surface area (Å²) in [5, 5.41) is 15.1. The first-order valence-corrected chi connectivity index (χ1v) is 8.51. The molecule has 0 unspecified atom stereocenters. The molecule has 0 aliphatic carbocycles. The lowest BCUT2D eigenvalue weighted by Crippen LogP contribution is -2.27. The van der Waals surface area contributed by atoms with Gasteiger partial charge in [-0.3, -0.25) is 4.79 Å². The Bertz CT molecular complexity index is 1050. The van der Waals surface area contributed by atoms with E-state index in [0.29, 0.717) is 36.0 Å². The van der Waals surface area contributed by atoms with Gasteiger partial charge in [0.15, 0.2) is 11.5 Å². The summed E-state index contributed by atoms with van der Waals surface area (Å²) in [7, 11) is 1.65. The third-order valence-electron chi connectivity index (χ3n) is 4.57. The molecule has 27 heavy (non-hydrogen) atoms. The fourth-order valence-electron chi connectivity index (χ4n) is 3.40. The summed E-state index contributed by atoms with van der Waals surface area (Å²) in [4.78, 5) is 24.2. The third-order valence-corrected chi connectivity index (χ3v) is 4.57. The smallest absolute Gasteiger partial charge is 0.228 e. The van der Waals surface area contributed by atoms with E-state index in [-0.39, 0.29) is 18.0 Å². The number of fused-ring (bicyclic) bond motifs is 2. The van der Waals surface area contributed by atoms with Gasteiger partial charge in [0.05, 0.1) is 18.1 Å². The lowest BCUT2D eigenvalue weighted by Gasteiger charge is -2.19. The molecule has 7 heteroatoms. The summed E-state index contributed by atoms with van der Waals surface area (Å²) >= 11 is 0. The van der Waals surface area contributed by atoms with Crippen LogP contribution in [0, 0.1) is 0 Å².